The molecule has 0 aromatic heterocycles. The Bertz CT molecular complexity index is 235. The molecule has 0 bridgehead atoms. The highest BCUT2D eigenvalue weighted by molar-refractivity contribution is 4.97. The molecule has 126 valence electrons. The van der Waals surface area contributed by atoms with Crippen LogP contribution in [0.25, 0.3) is 0 Å². The van der Waals surface area contributed by atoms with Crippen LogP contribution in [0.1, 0.15) is 90.4 Å². The molecule has 0 spiro atoms. The van der Waals surface area contributed by atoms with E-state index in [1.807, 2.05) is 0 Å². The van der Waals surface area contributed by atoms with Crippen LogP contribution in [0.5, 0.6) is 0 Å². The van der Waals surface area contributed by atoms with Gasteiger partial charge < -0.3 is 15.5 Å². The molecular formula is C18H37NO2. The Kier molecular flexibility index (Phi) is 11.2. The second-order valence-electron chi connectivity index (χ2n) is 6.73. The van der Waals surface area contributed by atoms with E-state index < -0.39 is 0 Å². The minimum atomic E-state index is -0.331. The van der Waals surface area contributed by atoms with Crippen molar-refractivity contribution in [3.05, 3.63) is 0 Å². The van der Waals surface area contributed by atoms with E-state index in [0.717, 1.165) is 6.42 Å². The van der Waals surface area contributed by atoms with Gasteiger partial charge in [0.15, 0.2) is 0 Å². The summed E-state index contributed by atoms with van der Waals surface area (Å²) in [6, 6.07) is 0.151. The molecule has 3 N–H and O–H groups in total. The Morgan fingerprint density at radius 2 is 1.19 bits per heavy atom. The van der Waals surface area contributed by atoms with Crippen molar-refractivity contribution >= 4 is 0 Å². The van der Waals surface area contributed by atoms with Crippen LogP contribution in [-0.2, 0) is 0 Å². The van der Waals surface area contributed by atoms with Crippen LogP contribution in [0.4, 0.5) is 0 Å². The summed E-state index contributed by atoms with van der Waals surface area (Å²) < 4.78 is 0. The molecule has 3 nitrogen and oxygen atoms in total. The fourth-order valence-corrected chi connectivity index (χ4v) is 3.25. The van der Waals surface area contributed by atoms with Gasteiger partial charge in [0, 0.05) is 6.04 Å². The van der Waals surface area contributed by atoms with Crippen molar-refractivity contribution < 1.29 is 10.2 Å². The molecule has 21 heavy (non-hydrogen) atoms. The van der Waals surface area contributed by atoms with E-state index in [1.165, 1.54) is 77.0 Å². The van der Waals surface area contributed by atoms with Crippen LogP contribution in [0.3, 0.4) is 0 Å². The number of hydrogen-bond donors (Lipinski definition) is 3. The van der Waals surface area contributed by atoms with Crippen molar-refractivity contribution in [1.82, 2.24) is 5.32 Å². The molecule has 1 aliphatic heterocycles. The predicted octanol–water partition coefficient (Wildman–Crippen LogP) is 3.77. The van der Waals surface area contributed by atoms with Crippen LogP contribution in [0, 0.1) is 0 Å². The van der Waals surface area contributed by atoms with Gasteiger partial charge in [-0.3, -0.25) is 0 Å². The molecule has 0 radical (unpaired) electrons. The molecule has 0 unspecified atom stereocenters. The summed E-state index contributed by atoms with van der Waals surface area (Å²) in [4.78, 5) is 0. The largest absolute Gasteiger partial charge is 0.395 e. The summed E-state index contributed by atoms with van der Waals surface area (Å²) >= 11 is 0. The Hall–Kier alpha value is -0.120. The van der Waals surface area contributed by atoms with Crippen molar-refractivity contribution in [2.45, 2.75) is 109 Å². The van der Waals surface area contributed by atoms with Crippen molar-refractivity contribution in [3.8, 4) is 0 Å². The number of nitrogens with one attached hydrogen (secondary N) is 1. The number of rotatable bonds is 14. The monoisotopic (exact) mass is 299 g/mol. The quantitative estimate of drug-likeness (QED) is 0.428. The summed E-state index contributed by atoms with van der Waals surface area (Å²) in [6.07, 6.45) is 17.2. The van der Waals surface area contributed by atoms with Gasteiger partial charge in [0.25, 0.3) is 0 Å². The summed E-state index contributed by atoms with van der Waals surface area (Å²) in [6.45, 7) is 2.32. The zero-order valence-electron chi connectivity index (χ0n) is 14.0. The molecule has 1 rings (SSSR count). The van der Waals surface area contributed by atoms with Crippen molar-refractivity contribution in [1.29, 1.82) is 0 Å². The lowest BCUT2D eigenvalue weighted by Gasteiger charge is -2.42. The smallest absolute Gasteiger partial charge is 0.0868 e. The molecule has 0 aromatic rings. The summed E-state index contributed by atoms with van der Waals surface area (Å²) in [5, 5.41) is 21.9. The maximum absolute atomic E-state index is 9.72. The Balaban J connectivity index is 1.73. The van der Waals surface area contributed by atoms with Crippen molar-refractivity contribution in [2.75, 3.05) is 6.61 Å². The lowest BCUT2D eigenvalue weighted by atomic mass is 9.89. The second-order valence-corrected chi connectivity index (χ2v) is 6.73. The van der Waals surface area contributed by atoms with E-state index in [9.17, 15) is 5.11 Å². The summed E-state index contributed by atoms with van der Waals surface area (Å²) in [7, 11) is 0. The van der Waals surface area contributed by atoms with Gasteiger partial charge in [0.2, 0.25) is 0 Å². The molecule has 3 heteroatoms. The molecule has 1 saturated heterocycles. The maximum atomic E-state index is 9.72. The predicted molar refractivity (Wildman–Crippen MR) is 89.5 cm³/mol. The fraction of sp³-hybridized carbons (Fsp3) is 1.00. The molecule has 0 amide bonds. The van der Waals surface area contributed by atoms with Gasteiger partial charge in [-0.1, -0.05) is 84.0 Å². The van der Waals surface area contributed by atoms with E-state index in [0.29, 0.717) is 0 Å². The van der Waals surface area contributed by atoms with Gasteiger partial charge in [0.05, 0.1) is 18.8 Å². The van der Waals surface area contributed by atoms with Crippen LogP contribution in [-0.4, -0.2) is 35.0 Å². The molecule has 0 aliphatic carbocycles. The zero-order valence-corrected chi connectivity index (χ0v) is 14.0. The molecule has 1 aliphatic rings. The van der Waals surface area contributed by atoms with Gasteiger partial charge in [-0.25, -0.2) is 0 Å². The topological polar surface area (TPSA) is 52.5 Å². The third-order valence-electron chi connectivity index (χ3n) is 4.82. The van der Waals surface area contributed by atoms with Crippen LogP contribution in [0.15, 0.2) is 0 Å². The number of hydrogen-bond acceptors (Lipinski definition) is 3. The lowest BCUT2D eigenvalue weighted by Crippen LogP contribution is -2.66. The van der Waals surface area contributed by atoms with E-state index in [-0.39, 0.29) is 24.8 Å². The van der Waals surface area contributed by atoms with E-state index in [2.05, 4.69) is 12.2 Å². The highest BCUT2D eigenvalue weighted by atomic mass is 16.3. The molecule has 1 fully saturated rings. The van der Waals surface area contributed by atoms with E-state index >= 15 is 0 Å². The van der Waals surface area contributed by atoms with Crippen LogP contribution in [0.2, 0.25) is 0 Å². The normalized spacial score (nSPS) is 25.0. The molecule has 0 saturated carbocycles. The first-order valence-corrected chi connectivity index (χ1v) is 9.34. The van der Waals surface area contributed by atoms with Gasteiger partial charge in [-0.05, 0) is 6.42 Å². The first-order valence-electron chi connectivity index (χ1n) is 9.34. The Labute approximate surface area is 131 Å². The van der Waals surface area contributed by atoms with E-state index in [1.54, 1.807) is 0 Å². The molecule has 3 atom stereocenters. The Morgan fingerprint density at radius 1 is 0.714 bits per heavy atom. The van der Waals surface area contributed by atoms with E-state index in [4.69, 9.17) is 5.11 Å². The van der Waals surface area contributed by atoms with Crippen LogP contribution >= 0.6 is 0 Å². The molecular weight excluding hydrogens is 262 g/mol. The minimum Gasteiger partial charge on any atom is -0.395 e. The summed E-state index contributed by atoms with van der Waals surface area (Å²) in [5.74, 6) is 0. The Morgan fingerprint density at radius 3 is 1.62 bits per heavy atom. The standard InChI is InChI=1S/C18H37NO2/c1-2-3-4-5-6-7-8-9-10-11-12-13-14-16-18(21)17(15-20)19-16/h16-21H,2-15H2,1H3/t16-,17+,18+/m0/s1. The third kappa shape index (κ3) is 8.18. The fourth-order valence-electron chi connectivity index (χ4n) is 3.25. The van der Waals surface area contributed by atoms with Gasteiger partial charge in [0.1, 0.15) is 0 Å². The summed E-state index contributed by atoms with van der Waals surface area (Å²) in [5.41, 5.74) is 0. The minimum absolute atomic E-state index is 0.0517. The van der Waals surface area contributed by atoms with Crippen molar-refractivity contribution in [3.63, 3.8) is 0 Å². The second kappa shape index (κ2) is 12.4. The van der Waals surface area contributed by atoms with Crippen LogP contribution < -0.4 is 5.32 Å². The maximum Gasteiger partial charge on any atom is 0.0868 e. The van der Waals surface area contributed by atoms with Gasteiger partial charge >= 0.3 is 0 Å². The highest BCUT2D eigenvalue weighted by Crippen LogP contribution is 2.19. The zero-order chi connectivity index (χ0) is 15.3. The van der Waals surface area contributed by atoms with Gasteiger partial charge in [-0.2, -0.15) is 0 Å². The number of aliphatic hydroxyl groups is 2. The highest BCUT2D eigenvalue weighted by Gasteiger charge is 2.37. The third-order valence-corrected chi connectivity index (χ3v) is 4.82. The number of aliphatic hydroxyl groups excluding tert-OH is 2. The average molecular weight is 299 g/mol. The first kappa shape index (κ1) is 18.9. The molecule has 0 aromatic carbocycles. The SMILES string of the molecule is CCCCCCCCCCCCCC[C@@H]1N[C@H](CO)[C@@H]1O. The lowest BCUT2D eigenvalue weighted by molar-refractivity contribution is -0.0192. The average Bonchev–Trinajstić information content (AvgIpc) is 2.50. The first-order chi connectivity index (χ1) is 10.3. The van der Waals surface area contributed by atoms with Gasteiger partial charge in [-0.15, -0.1) is 0 Å². The number of unbranched alkanes of at least 4 members (excludes halogenated alkanes) is 11. The molecule has 1 heterocycles. The van der Waals surface area contributed by atoms with Crippen molar-refractivity contribution in [2.24, 2.45) is 0 Å².